The first-order chi connectivity index (χ1) is 18.1. The van der Waals surface area contributed by atoms with Crippen LogP contribution in [0.2, 0.25) is 0 Å². The third kappa shape index (κ3) is 4.58. The van der Waals surface area contributed by atoms with Crippen molar-refractivity contribution in [1.29, 1.82) is 0 Å². The van der Waals surface area contributed by atoms with Gasteiger partial charge >= 0.3 is 0 Å². The molecule has 0 atom stereocenters. The maximum absolute atomic E-state index is 11.2. The van der Waals surface area contributed by atoms with E-state index in [0.29, 0.717) is 25.0 Å². The van der Waals surface area contributed by atoms with E-state index in [2.05, 4.69) is 51.6 Å². The minimum atomic E-state index is -0.274. The lowest BCUT2D eigenvalue weighted by molar-refractivity contribution is -0.119. The van der Waals surface area contributed by atoms with E-state index in [4.69, 9.17) is 20.3 Å². The highest BCUT2D eigenvalue weighted by atomic mass is 16.5. The molecule has 1 amide bonds. The van der Waals surface area contributed by atoms with Crippen LogP contribution in [0.4, 0.5) is 11.6 Å². The average Bonchev–Trinajstić information content (AvgIpc) is 3.56. The number of likely N-dealkylation sites (tertiary alicyclic amines) is 1. The molecule has 0 bridgehead atoms. The van der Waals surface area contributed by atoms with Gasteiger partial charge in [0.05, 0.1) is 43.4 Å². The molecule has 2 aromatic carbocycles. The topological polar surface area (TPSA) is 107 Å². The van der Waals surface area contributed by atoms with Crippen molar-refractivity contribution in [3.05, 3.63) is 65.9 Å². The number of nitrogens with two attached hydrogens (primary N) is 1. The number of hydrogen-bond donors (Lipinski definition) is 2. The van der Waals surface area contributed by atoms with E-state index in [1.165, 1.54) is 11.1 Å². The van der Waals surface area contributed by atoms with Gasteiger partial charge in [-0.1, -0.05) is 18.2 Å². The van der Waals surface area contributed by atoms with Crippen LogP contribution in [-0.4, -0.2) is 58.8 Å². The fourth-order valence-corrected chi connectivity index (χ4v) is 5.41. The van der Waals surface area contributed by atoms with Gasteiger partial charge in [0, 0.05) is 12.0 Å². The summed E-state index contributed by atoms with van der Waals surface area (Å²) in [6, 6.07) is 16.5. The Hall–Kier alpha value is -4.11. The Bertz CT molecular complexity index is 1460. The number of carbonyl (C=O) groups excluding carboxylic acids is 1. The number of para-hydroxylation sites is 1. The fourth-order valence-electron chi connectivity index (χ4n) is 5.41. The highest BCUT2D eigenvalue weighted by Gasteiger charge is 2.23. The molecule has 2 aliphatic rings. The van der Waals surface area contributed by atoms with Gasteiger partial charge in [-0.05, 0) is 73.3 Å². The first kappa shape index (κ1) is 23.3. The van der Waals surface area contributed by atoms with Gasteiger partial charge in [0.1, 0.15) is 11.5 Å². The van der Waals surface area contributed by atoms with E-state index in [0.717, 1.165) is 66.3 Å². The van der Waals surface area contributed by atoms with Crippen LogP contribution in [0.25, 0.3) is 16.8 Å². The minimum Gasteiger partial charge on any atom is -0.495 e. The van der Waals surface area contributed by atoms with E-state index in [9.17, 15) is 4.79 Å². The van der Waals surface area contributed by atoms with Gasteiger partial charge in [-0.2, -0.15) is 0 Å². The quantitative estimate of drug-likeness (QED) is 0.400. The summed E-state index contributed by atoms with van der Waals surface area (Å²) in [5.41, 5.74) is 11.5. The first-order valence-corrected chi connectivity index (χ1v) is 12.6. The number of piperidine rings is 1. The molecule has 37 heavy (non-hydrogen) atoms. The first-order valence-electron chi connectivity index (χ1n) is 12.6. The highest BCUT2D eigenvalue weighted by Crippen LogP contribution is 2.38. The number of primary amides is 1. The summed E-state index contributed by atoms with van der Waals surface area (Å²) in [5.74, 6) is 2.29. The number of benzene rings is 2. The van der Waals surface area contributed by atoms with Crippen molar-refractivity contribution < 1.29 is 14.3 Å². The van der Waals surface area contributed by atoms with E-state index in [-0.39, 0.29) is 5.91 Å². The summed E-state index contributed by atoms with van der Waals surface area (Å²) in [7, 11) is 1.67. The summed E-state index contributed by atoms with van der Waals surface area (Å²) in [4.78, 5) is 17.9. The number of rotatable bonds is 7. The van der Waals surface area contributed by atoms with E-state index < -0.39 is 0 Å². The van der Waals surface area contributed by atoms with Crippen molar-refractivity contribution in [2.75, 3.05) is 38.7 Å². The van der Waals surface area contributed by atoms with Gasteiger partial charge in [-0.3, -0.25) is 9.69 Å². The Balaban J connectivity index is 1.24. The van der Waals surface area contributed by atoms with Gasteiger partial charge in [-0.25, -0.2) is 9.50 Å². The number of nitrogens with zero attached hydrogens (tertiary/aromatic N) is 4. The maximum Gasteiger partial charge on any atom is 0.245 e. The second-order valence-corrected chi connectivity index (χ2v) is 9.63. The molecule has 2 aliphatic heterocycles. The number of aromatic nitrogens is 3. The standard InChI is InChI=1S/C28H30N6O3/c1-36-25-15-20(18-9-12-33(13-10-18)17-26(29)35)5-7-23(25)31-28-30-16-21-6-8-24(34(21)32-28)22-4-2-3-19-11-14-37-27(19)22/h2-8,15-16,18H,9-14,17H2,1H3,(H2,29,35)(H,31,32). The van der Waals surface area contributed by atoms with Crippen LogP contribution in [-0.2, 0) is 11.2 Å². The second-order valence-electron chi connectivity index (χ2n) is 9.63. The Kier molecular flexibility index (Phi) is 6.13. The summed E-state index contributed by atoms with van der Waals surface area (Å²) in [5, 5.41) is 8.13. The summed E-state index contributed by atoms with van der Waals surface area (Å²) in [6.45, 7) is 2.75. The van der Waals surface area contributed by atoms with Crippen LogP contribution in [0.15, 0.2) is 54.7 Å². The number of ether oxygens (including phenoxy) is 2. The van der Waals surface area contributed by atoms with Crippen LogP contribution in [0, 0.1) is 0 Å². The minimum absolute atomic E-state index is 0.274. The lowest BCUT2D eigenvalue weighted by Gasteiger charge is -2.31. The number of carbonyl (C=O) groups is 1. The zero-order chi connectivity index (χ0) is 25.4. The molecule has 9 nitrogen and oxygen atoms in total. The van der Waals surface area contributed by atoms with Crippen LogP contribution in [0.5, 0.6) is 11.5 Å². The van der Waals surface area contributed by atoms with Crippen LogP contribution in [0.1, 0.15) is 29.9 Å². The molecular formula is C28H30N6O3. The van der Waals surface area contributed by atoms with Crippen LogP contribution in [0.3, 0.4) is 0 Å². The molecule has 3 N–H and O–H groups in total. The predicted molar refractivity (Wildman–Crippen MR) is 142 cm³/mol. The van der Waals surface area contributed by atoms with Crippen LogP contribution >= 0.6 is 0 Å². The fraction of sp³-hybridized carbons (Fsp3) is 0.321. The number of hydrogen-bond acceptors (Lipinski definition) is 7. The zero-order valence-electron chi connectivity index (χ0n) is 20.8. The molecule has 0 spiro atoms. The van der Waals surface area contributed by atoms with Crippen molar-refractivity contribution >= 4 is 23.1 Å². The van der Waals surface area contributed by atoms with E-state index >= 15 is 0 Å². The number of amides is 1. The molecule has 0 radical (unpaired) electrons. The van der Waals surface area contributed by atoms with Gasteiger partial charge in [0.25, 0.3) is 0 Å². The summed E-state index contributed by atoms with van der Waals surface area (Å²) in [6.07, 6.45) is 4.69. The normalized spacial score (nSPS) is 15.9. The Morgan fingerprint density at radius 1 is 1.19 bits per heavy atom. The number of methoxy groups -OCH3 is 1. The highest BCUT2D eigenvalue weighted by molar-refractivity contribution is 5.76. The van der Waals surface area contributed by atoms with Crippen molar-refractivity contribution in [3.8, 4) is 22.8 Å². The molecule has 0 unspecified atom stereocenters. The molecule has 1 fully saturated rings. The number of nitrogens with one attached hydrogen (secondary N) is 1. The van der Waals surface area contributed by atoms with Crippen molar-refractivity contribution in [3.63, 3.8) is 0 Å². The third-order valence-electron chi connectivity index (χ3n) is 7.30. The maximum atomic E-state index is 11.2. The molecule has 0 aliphatic carbocycles. The SMILES string of the molecule is COc1cc(C2CCN(CC(N)=O)CC2)ccc1Nc1ncc2ccc(-c3cccc4c3OCC4)n2n1. The lowest BCUT2D eigenvalue weighted by Crippen LogP contribution is -2.39. The second kappa shape index (κ2) is 9.74. The monoisotopic (exact) mass is 498 g/mol. The Labute approximate surface area is 215 Å². The summed E-state index contributed by atoms with van der Waals surface area (Å²) >= 11 is 0. The molecule has 2 aromatic heterocycles. The van der Waals surface area contributed by atoms with Gasteiger partial charge in [0.15, 0.2) is 0 Å². The molecule has 4 aromatic rings. The molecule has 4 heterocycles. The van der Waals surface area contributed by atoms with E-state index in [1.54, 1.807) is 7.11 Å². The van der Waals surface area contributed by atoms with Gasteiger partial charge < -0.3 is 20.5 Å². The molecule has 6 rings (SSSR count). The van der Waals surface area contributed by atoms with Crippen LogP contribution < -0.4 is 20.5 Å². The largest absolute Gasteiger partial charge is 0.495 e. The lowest BCUT2D eigenvalue weighted by atomic mass is 9.89. The Morgan fingerprint density at radius 3 is 2.86 bits per heavy atom. The summed E-state index contributed by atoms with van der Waals surface area (Å²) < 4.78 is 13.6. The van der Waals surface area contributed by atoms with Crippen molar-refractivity contribution in [2.45, 2.75) is 25.2 Å². The average molecular weight is 499 g/mol. The zero-order valence-corrected chi connectivity index (χ0v) is 20.8. The number of anilines is 2. The van der Waals surface area contributed by atoms with Crippen molar-refractivity contribution in [2.24, 2.45) is 5.73 Å². The molecule has 1 saturated heterocycles. The van der Waals surface area contributed by atoms with Gasteiger partial charge in [-0.15, -0.1) is 5.10 Å². The number of fused-ring (bicyclic) bond motifs is 2. The smallest absolute Gasteiger partial charge is 0.245 e. The molecular weight excluding hydrogens is 468 g/mol. The van der Waals surface area contributed by atoms with E-state index in [1.807, 2.05) is 22.8 Å². The molecule has 0 saturated carbocycles. The molecule has 9 heteroatoms. The Morgan fingerprint density at radius 2 is 2.05 bits per heavy atom. The predicted octanol–water partition coefficient (Wildman–Crippen LogP) is 3.75. The molecule has 190 valence electrons. The third-order valence-corrected chi connectivity index (χ3v) is 7.30. The van der Waals surface area contributed by atoms with Gasteiger partial charge in [0.2, 0.25) is 11.9 Å². The van der Waals surface area contributed by atoms with Crippen molar-refractivity contribution in [1.82, 2.24) is 19.5 Å².